The Balaban J connectivity index is 2.71. The Kier molecular flexibility index (Phi) is 3.47. The number of nitro groups is 1. The number of aromatic carboxylic acids is 1. The summed E-state index contributed by atoms with van der Waals surface area (Å²) in [6.07, 6.45) is 0. The van der Waals surface area contributed by atoms with Crippen LogP contribution >= 0.6 is 0 Å². The third-order valence-electron chi connectivity index (χ3n) is 2.83. The van der Waals surface area contributed by atoms with Gasteiger partial charge >= 0.3 is 11.7 Å². The minimum Gasteiger partial charge on any atom is -0.478 e. The molecule has 5 nitrogen and oxygen atoms in total. The molecule has 0 amide bonds. The maximum atomic E-state index is 13.7. The van der Waals surface area contributed by atoms with Gasteiger partial charge < -0.3 is 5.11 Å². The minimum absolute atomic E-state index is 0.291. The van der Waals surface area contributed by atoms with Crippen LogP contribution < -0.4 is 0 Å². The van der Waals surface area contributed by atoms with Gasteiger partial charge in [0.1, 0.15) is 5.56 Å². The minimum atomic E-state index is -1.54. The zero-order valence-corrected chi connectivity index (χ0v) is 10.5. The van der Waals surface area contributed by atoms with E-state index in [0.717, 1.165) is 17.7 Å². The molecule has 1 N–H and O–H groups in total. The Labute approximate surface area is 113 Å². The second-order valence-electron chi connectivity index (χ2n) is 4.29. The van der Waals surface area contributed by atoms with E-state index in [1.54, 1.807) is 18.2 Å². The number of hydrogen-bond donors (Lipinski definition) is 1. The summed E-state index contributed by atoms with van der Waals surface area (Å²) in [5, 5.41) is 19.8. The van der Waals surface area contributed by atoms with E-state index in [1.807, 2.05) is 13.0 Å². The van der Waals surface area contributed by atoms with Crippen LogP contribution in [0.4, 0.5) is 10.1 Å². The summed E-state index contributed by atoms with van der Waals surface area (Å²) >= 11 is 0. The molecule has 0 spiro atoms. The zero-order chi connectivity index (χ0) is 14.9. The monoisotopic (exact) mass is 275 g/mol. The van der Waals surface area contributed by atoms with Crippen LogP contribution in [0.25, 0.3) is 11.1 Å². The van der Waals surface area contributed by atoms with Crippen molar-refractivity contribution in [1.29, 1.82) is 0 Å². The molecular formula is C14H10FNO4. The first-order valence-electron chi connectivity index (χ1n) is 5.68. The van der Waals surface area contributed by atoms with Crippen LogP contribution in [0, 0.1) is 22.9 Å². The quantitative estimate of drug-likeness (QED) is 0.687. The normalized spacial score (nSPS) is 10.3. The fourth-order valence-electron chi connectivity index (χ4n) is 1.89. The van der Waals surface area contributed by atoms with Gasteiger partial charge in [-0.1, -0.05) is 29.8 Å². The lowest BCUT2D eigenvalue weighted by Gasteiger charge is -2.06. The van der Waals surface area contributed by atoms with Gasteiger partial charge in [-0.15, -0.1) is 0 Å². The predicted molar refractivity (Wildman–Crippen MR) is 70.2 cm³/mol. The van der Waals surface area contributed by atoms with Gasteiger partial charge in [0.05, 0.1) is 4.92 Å². The Morgan fingerprint density at radius 1 is 1.25 bits per heavy atom. The number of rotatable bonds is 3. The van der Waals surface area contributed by atoms with E-state index in [4.69, 9.17) is 5.11 Å². The van der Waals surface area contributed by atoms with Crippen molar-refractivity contribution in [3.8, 4) is 11.1 Å². The lowest BCUT2D eigenvalue weighted by Crippen LogP contribution is -2.04. The molecule has 0 radical (unpaired) electrons. The van der Waals surface area contributed by atoms with Crippen molar-refractivity contribution in [2.24, 2.45) is 0 Å². The van der Waals surface area contributed by atoms with Gasteiger partial charge in [-0.3, -0.25) is 10.1 Å². The van der Waals surface area contributed by atoms with Crippen molar-refractivity contribution in [3.05, 3.63) is 63.5 Å². The van der Waals surface area contributed by atoms with Crippen molar-refractivity contribution >= 4 is 11.7 Å². The highest BCUT2D eigenvalue weighted by Crippen LogP contribution is 2.29. The molecule has 0 saturated carbocycles. The maximum absolute atomic E-state index is 13.7. The highest BCUT2D eigenvalue weighted by atomic mass is 19.1. The Hall–Kier alpha value is -2.76. The molecule has 0 aromatic heterocycles. The lowest BCUT2D eigenvalue weighted by molar-refractivity contribution is -0.387. The van der Waals surface area contributed by atoms with Gasteiger partial charge in [0, 0.05) is 6.07 Å². The fraction of sp³-hybridized carbons (Fsp3) is 0.0714. The van der Waals surface area contributed by atoms with Gasteiger partial charge in [0.2, 0.25) is 5.82 Å². The Bertz CT molecular complexity index is 677. The van der Waals surface area contributed by atoms with Gasteiger partial charge in [-0.25, -0.2) is 4.79 Å². The number of halogens is 1. The molecule has 2 aromatic carbocycles. The number of carboxylic acids is 1. The zero-order valence-electron chi connectivity index (χ0n) is 10.5. The molecule has 0 heterocycles. The van der Waals surface area contributed by atoms with E-state index < -0.39 is 28.0 Å². The highest BCUT2D eigenvalue weighted by molar-refractivity contribution is 5.91. The fourth-order valence-corrected chi connectivity index (χ4v) is 1.89. The molecule has 102 valence electrons. The first-order valence-corrected chi connectivity index (χ1v) is 5.68. The molecule has 2 aromatic rings. The molecule has 0 bridgehead atoms. The maximum Gasteiger partial charge on any atom is 0.338 e. The van der Waals surface area contributed by atoms with Crippen LogP contribution in [0.3, 0.4) is 0 Å². The lowest BCUT2D eigenvalue weighted by atomic mass is 10.00. The third-order valence-corrected chi connectivity index (χ3v) is 2.83. The standard InChI is InChI=1S/C14H10FNO4/c1-8-3-2-4-9(5-8)10-6-11(14(17)18)13(15)12(7-10)16(19)20/h2-7H,1H3,(H,17,18). The third kappa shape index (κ3) is 2.49. The molecular weight excluding hydrogens is 265 g/mol. The SMILES string of the molecule is Cc1cccc(-c2cc(C(=O)O)c(F)c([N+](=O)[O-])c2)c1. The molecule has 0 aliphatic carbocycles. The Morgan fingerprint density at radius 2 is 1.95 bits per heavy atom. The van der Waals surface area contributed by atoms with Gasteiger partial charge in [0.25, 0.3) is 0 Å². The molecule has 0 fully saturated rings. The molecule has 2 rings (SSSR count). The summed E-state index contributed by atoms with van der Waals surface area (Å²) in [6, 6.07) is 9.12. The molecule has 0 saturated heterocycles. The molecule has 0 unspecified atom stereocenters. The Morgan fingerprint density at radius 3 is 2.50 bits per heavy atom. The second-order valence-corrected chi connectivity index (χ2v) is 4.29. The van der Waals surface area contributed by atoms with E-state index in [1.165, 1.54) is 0 Å². The molecule has 20 heavy (non-hydrogen) atoms. The van der Waals surface area contributed by atoms with Gasteiger partial charge in [-0.2, -0.15) is 4.39 Å². The summed E-state index contributed by atoms with van der Waals surface area (Å²) in [5.74, 6) is -2.88. The van der Waals surface area contributed by atoms with Crippen molar-refractivity contribution in [2.45, 2.75) is 6.92 Å². The molecule has 6 heteroatoms. The van der Waals surface area contributed by atoms with Crippen LogP contribution in [0.5, 0.6) is 0 Å². The van der Waals surface area contributed by atoms with Crippen molar-refractivity contribution < 1.29 is 19.2 Å². The number of carboxylic acid groups (broad SMARTS) is 1. The van der Waals surface area contributed by atoms with Crippen molar-refractivity contribution in [1.82, 2.24) is 0 Å². The molecule has 0 aliphatic heterocycles. The first-order chi connectivity index (χ1) is 9.40. The van der Waals surface area contributed by atoms with E-state index in [0.29, 0.717) is 11.1 Å². The summed E-state index contributed by atoms with van der Waals surface area (Å²) in [7, 11) is 0. The highest BCUT2D eigenvalue weighted by Gasteiger charge is 2.24. The average molecular weight is 275 g/mol. The van der Waals surface area contributed by atoms with Gasteiger partial charge in [-0.05, 0) is 24.1 Å². The smallest absolute Gasteiger partial charge is 0.338 e. The first kappa shape index (κ1) is 13.7. The summed E-state index contributed by atoms with van der Waals surface area (Å²) in [5.41, 5.74) is 0.235. The summed E-state index contributed by atoms with van der Waals surface area (Å²) in [6.45, 7) is 1.83. The molecule has 0 atom stereocenters. The average Bonchev–Trinajstić information content (AvgIpc) is 2.38. The van der Waals surface area contributed by atoms with E-state index in [-0.39, 0.29) is 0 Å². The van der Waals surface area contributed by atoms with Crippen LogP contribution in [0.15, 0.2) is 36.4 Å². The number of benzene rings is 2. The number of aryl methyl sites for hydroxylation is 1. The van der Waals surface area contributed by atoms with Crippen LogP contribution in [-0.4, -0.2) is 16.0 Å². The number of nitrogens with zero attached hydrogens (tertiary/aromatic N) is 1. The number of carbonyl (C=O) groups is 1. The van der Waals surface area contributed by atoms with E-state index in [2.05, 4.69) is 0 Å². The van der Waals surface area contributed by atoms with E-state index in [9.17, 15) is 19.3 Å². The topological polar surface area (TPSA) is 80.4 Å². The van der Waals surface area contributed by atoms with Crippen LogP contribution in [0.1, 0.15) is 15.9 Å². The van der Waals surface area contributed by atoms with Crippen LogP contribution in [0.2, 0.25) is 0 Å². The second kappa shape index (κ2) is 5.08. The largest absolute Gasteiger partial charge is 0.478 e. The van der Waals surface area contributed by atoms with Crippen LogP contribution in [-0.2, 0) is 0 Å². The number of nitro benzene ring substituents is 1. The van der Waals surface area contributed by atoms with E-state index >= 15 is 0 Å². The number of hydrogen-bond acceptors (Lipinski definition) is 3. The predicted octanol–water partition coefficient (Wildman–Crippen LogP) is 3.41. The molecule has 0 aliphatic rings. The van der Waals surface area contributed by atoms with Crippen molar-refractivity contribution in [3.63, 3.8) is 0 Å². The summed E-state index contributed by atoms with van der Waals surface area (Å²) < 4.78 is 13.7. The summed E-state index contributed by atoms with van der Waals surface area (Å²) in [4.78, 5) is 20.9. The van der Waals surface area contributed by atoms with Gasteiger partial charge in [0.15, 0.2) is 0 Å². The van der Waals surface area contributed by atoms with Crippen molar-refractivity contribution in [2.75, 3.05) is 0 Å².